The van der Waals surface area contributed by atoms with Crippen molar-refractivity contribution >= 4 is 28.9 Å². The second-order valence-electron chi connectivity index (χ2n) is 6.49. The second-order valence-corrected chi connectivity index (χ2v) is 6.49. The first-order chi connectivity index (χ1) is 14.1. The molecule has 3 heterocycles. The summed E-state index contributed by atoms with van der Waals surface area (Å²) in [6.45, 7) is 1.58. The number of nitro groups is 1. The van der Waals surface area contributed by atoms with Crippen molar-refractivity contribution in [1.29, 1.82) is 0 Å². The molecule has 0 spiro atoms. The molecule has 1 aromatic carbocycles. The maximum atomic E-state index is 11.5. The van der Waals surface area contributed by atoms with Crippen LogP contribution in [0.5, 0.6) is 0 Å². The van der Waals surface area contributed by atoms with Crippen LogP contribution in [0.1, 0.15) is 0 Å². The van der Waals surface area contributed by atoms with Crippen molar-refractivity contribution in [2.45, 2.75) is 0 Å². The molecular weight excluding hydrogens is 372 g/mol. The van der Waals surface area contributed by atoms with Crippen LogP contribution in [0.25, 0.3) is 11.3 Å². The average Bonchev–Trinajstić information content (AvgIpc) is 2.75. The molecule has 0 saturated carbocycles. The first-order valence-electron chi connectivity index (χ1n) is 9.06. The number of carbonyl (C=O) groups excluding carboxylic acids is 1. The molecule has 0 unspecified atom stereocenters. The highest BCUT2D eigenvalue weighted by Crippen LogP contribution is 2.30. The summed E-state index contributed by atoms with van der Waals surface area (Å²) in [5.74, 6) is 1.16. The van der Waals surface area contributed by atoms with Crippen molar-refractivity contribution in [3.05, 3.63) is 70.9 Å². The summed E-state index contributed by atoms with van der Waals surface area (Å²) < 4.78 is 0. The van der Waals surface area contributed by atoms with Gasteiger partial charge in [-0.2, -0.15) is 0 Å². The molecule has 9 heteroatoms. The number of anilines is 3. The van der Waals surface area contributed by atoms with Crippen LogP contribution in [0.2, 0.25) is 0 Å². The number of piperazine rings is 1. The topological polar surface area (TPSA) is 113 Å². The van der Waals surface area contributed by atoms with E-state index in [-0.39, 0.29) is 18.1 Å². The molecule has 1 aliphatic heterocycles. The van der Waals surface area contributed by atoms with Gasteiger partial charge in [0, 0.05) is 24.7 Å². The highest BCUT2D eigenvalue weighted by Gasteiger charge is 2.19. The molecule has 29 heavy (non-hydrogen) atoms. The van der Waals surface area contributed by atoms with Crippen molar-refractivity contribution in [3.8, 4) is 11.3 Å². The average molecular weight is 390 g/mol. The standard InChI is InChI=1S/C20H18N6O3/c27-19-13-25(11-10-21-19)18-9-6-15(12-22-18)23-17-8-7-16(26(28)29)20(24-17)14-4-2-1-3-5-14/h1-9,12H,10-11,13H2,(H,21,27)(H,23,24). The lowest BCUT2D eigenvalue weighted by atomic mass is 10.1. The Kier molecular flexibility index (Phi) is 5.02. The van der Waals surface area contributed by atoms with Gasteiger partial charge >= 0.3 is 0 Å². The molecule has 0 atom stereocenters. The normalized spacial score (nSPS) is 13.7. The van der Waals surface area contributed by atoms with Gasteiger partial charge in [-0.3, -0.25) is 14.9 Å². The number of rotatable bonds is 5. The van der Waals surface area contributed by atoms with E-state index in [2.05, 4.69) is 20.6 Å². The third-order valence-electron chi connectivity index (χ3n) is 4.50. The maximum absolute atomic E-state index is 11.5. The van der Waals surface area contributed by atoms with Crippen molar-refractivity contribution in [1.82, 2.24) is 15.3 Å². The molecule has 0 aliphatic carbocycles. The largest absolute Gasteiger partial charge is 0.353 e. The van der Waals surface area contributed by atoms with E-state index in [0.29, 0.717) is 41.7 Å². The fourth-order valence-electron chi connectivity index (χ4n) is 3.11. The van der Waals surface area contributed by atoms with Gasteiger partial charge in [-0.15, -0.1) is 0 Å². The Morgan fingerprint density at radius 2 is 1.93 bits per heavy atom. The lowest BCUT2D eigenvalue weighted by Gasteiger charge is -2.27. The van der Waals surface area contributed by atoms with Gasteiger partial charge in [-0.05, 0) is 18.2 Å². The van der Waals surface area contributed by atoms with Crippen LogP contribution in [0.4, 0.5) is 23.0 Å². The molecule has 146 valence electrons. The van der Waals surface area contributed by atoms with Gasteiger partial charge in [0.05, 0.1) is 23.4 Å². The predicted octanol–water partition coefficient (Wildman–Crippen LogP) is 2.73. The van der Waals surface area contributed by atoms with E-state index >= 15 is 0 Å². The number of nitrogens with zero attached hydrogens (tertiary/aromatic N) is 4. The number of hydrogen-bond acceptors (Lipinski definition) is 7. The SMILES string of the molecule is O=C1CN(c2ccc(Nc3ccc([N+](=O)[O-])c(-c4ccccc4)n3)cn2)CCN1. The zero-order valence-corrected chi connectivity index (χ0v) is 15.4. The number of nitrogens with one attached hydrogen (secondary N) is 2. The van der Waals surface area contributed by atoms with Crippen molar-refractivity contribution < 1.29 is 9.72 Å². The number of hydrogen-bond donors (Lipinski definition) is 2. The fraction of sp³-hybridized carbons (Fsp3) is 0.150. The van der Waals surface area contributed by atoms with E-state index in [1.807, 2.05) is 35.2 Å². The van der Waals surface area contributed by atoms with Crippen LogP contribution < -0.4 is 15.5 Å². The number of aromatic nitrogens is 2. The summed E-state index contributed by atoms with van der Waals surface area (Å²) in [5, 5.41) is 17.3. The van der Waals surface area contributed by atoms with E-state index in [9.17, 15) is 14.9 Å². The monoisotopic (exact) mass is 390 g/mol. The molecule has 1 saturated heterocycles. The summed E-state index contributed by atoms with van der Waals surface area (Å²) in [6, 6.07) is 15.7. The minimum atomic E-state index is -0.440. The molecule has 3 aromatic rings. The quantitative estimate of drug-likeness (QED) is 0.509. The highest BCUT2D eigenvalue weighted by molar-refractivity contribution is 5.82. The Bertz CT molecular complexity index is 1040. The van der Waals surface area contributed by atoms with Gasteiger partial charge in [-0.1, -0.05) is 30.3 Å². The van der Waals surface area contributed by atoms with Crippen molar-refractivity contribution in [2.24, 2.45) is 0 Å². The van der Waals surface area contributed by atoms with Gasteiger partial charge in [-0.25, -0.2) is 9.97 Å². The number of benzene rings is 1. The van der Waals surface area contributed by atoms with Crippen LogP contribution in [-0.4, -0.2) is 40.4 Å². The van der Waals surface area contributed by atoms with E-state index < -0.39 is 4.92 Å². The van der Waals surface area contributed by atoms with E-state index in [1.165, 1.54) is 6.07 Å². The molecule has 1 amide bonds. The minimum absolute atomic E-state index is 0.0243. The third-order valence-corrected chi connectivity index (χ3v) is 4.50. The van der Waals surface area contributed by atoms with Gasteiger partial charge in [0.25, 0.3) is 5.69 Å². The van der Waals surface area contributed by atoms with Gasteiger partial charge in [0.2, 0.25) is 5.91 Å². The molecule has 0 bridgehead atoms. The molecular formula is C20H18N6O3. The number of carbonyl (C=O) groups is 1. The fourth-order valence-corrected chi connectivity index (χ4v) is 3.11. The Morgan fingerprint density at radius 1 is 1.10 bits per heavy atom. The van der Waals surface area contributed by atoms with Gasteiger partial charge < -0.3 is 15.5 Å². The molecule has 2 N–H and O–H groups in total. The lowest BCUT2D eigenvalue weighted by molar-refractivity contribution is -0.384. The predicted molar refractivity (Wildman–Crippen MR) is 109 cm³/mol. The second kappa shape index (κ2) is 7.93. The van der Waals surface area contributed by atoms with E-state index in [0.717, 1.165) is 0 Å². The van der Waals surface area contributed by atoms with Crippen LogP contribution >= 0.6 is 0 Å². The molecule has 4 rings (SSSR count). The Balaban J connectivity index is 1.56. The Hall–Kier alpha value is -4.01. The Morgan fingerprint density at radius 3 is 2.62 bits per heavy atom. The third kappa shape index (κ3) is 4.13. The number of pyridine rings is 2. The van der Waals surface area contributed by atoms with Crippen LogP contribution in [0.15, 0.2) is 60.8 Å². The molecule has 1 aliphatic rings. The minimum Gasteiger partial charge on any atom is -0.353 e. The van der Waals surface area contributed by atoms with E-state index in [1.54, 1.807) is 24.4 Å². The Labute approximate surface area is 166 Å². The summed E-state index contributed by atoms with van der Waals surface area (Å²) in [5.41, 5.74) is 1.60. The summed E-state index contributed by atoms with van der Waals surface area (Å²) in [7, 11) is 0. The number of amides is 1. The van der Waals surface area contributed by atoms with Gasteiger partial charge in [0.1, 0.15) is 11.6 Å². The molecule has 2 aromatic heterocycles. The van der Waals surface area contributed by atoms with Crippen molar-refractivity contribution in [3.63, 3.8) is 0 Å². The summed E-state index contributed by atoms with van der Waals surface area (Å²) in [4.78, 5) is 33.2. The highest BCUT2D eigenvalue weighted by atomic mass is 16.6. The van der Waals surface area contributed by atoms with Gasteiger partial charge in [0.15, 0.2) is 5.69 Å². The van der Waals surface area contributed by atoms with Crippen LogP contribution in [-0.2, 0) is 4.79 Å². The summed E-state index contributed by atoms with van der Waals surface area (Å²) in [6.07, 6.45) is 1.65. The molecule has 0 radical (unpaired) electrons. The van der Waals surface area contributed by atoms with Crippen molar-refractivity contribution in [2.75, 3.05) is 29.9 Å². The first kappa shape index (κ1) is 18.4. The van der Waals surface area contributed by atoms with E-state index in [4.69, 9.17) is 0 Å². The zero-order chi connectivity index (χ0) is 20.2. The lowest BCUT2D eigenvalue weighted by Crippen LogP contribution is -2.48. The summed E-state index contributed by atoms with van der Waals surface area (Å²) >= 11 is 0. The zero-order valence-electron chi connectivity index (χ0n) is 15.4. The first-order valence-corrected chi connectivity index (χ1v) is 9.06. The smallest absolute Gasteiger partial charge is 0.295 e. The maximum Gasteiger partial charge on any atom is 0.295 e. The molecule has 9 nitrogen and oxygen atoms in total. The molecule has 1 fully saturated rings. The van der Waals surface area contributed by atoms with Crippen LogP contribution in [0.3, 0.4) is 0 Å². The van der Waals surface area contributed by atoms with Crippen LogP contribution in [0, 0.1) is 10.1 Å².